The van der Waals surface area contributed by atoms with Crippen LogP contribution in [-0.2, 0) is 22.9 Å². The summed E-state index contributed by atoms with van der Waals surface area (Å²) in [7, 11) is 3.13. The molecule has 0 fully saturated rings. The van der Waals surface area contributed by atoms with Gasteiger partial charge in [0.15, 0.2) is 0 Å². The number of carbonyl (C=O) groups excluding carboxylic acids is 2. The van der Waals surface area contributed by atoms with Crippen molar-refractivity contribution in [3.8, 4) is 28.3 Å². The van der Waals surface area contributed by atoms with Crippen LogP contribution in [0.1, 0.15) is 46.0 Å². The number of rotatable bonds is 6. The molecule has 0 unspecified atom stereocenters. The molecule has 3 aromatic rings. The molecule has 0 amide bonds. The van der Waals surface area contributed by atoms with Crippen LogP contribution in [0.4, 0.5) is 0 Å². The van der Waals surface area contributed by atoms with Gasteiger partial charge in [-0.05, 0) is 42.2 Å². The Morgan fingerprint density at radius 2 is 1.48 bits per heavy atom. The van der Waals surface area contributed by atoms with E-state index < -0.39 is 5.97 Å². The lowest BCUT2D eigenvalue weighted by molar-refractivity contribution is 0.0515. The highest BCUT2D eigenvalue weighted by Gasteiger charge is 2.26. The van der Waals surface area contributed by atoms with Gasteiger partial charge in [-0.3, -0.25) is 0 Å². The molecule has 3 rings (SSSR count). The SMILES string of the molecule is CCOC(=O)c1c(-c2ccc(-c3ccc(C(=O)OC)cc3)cc2)c(C#N)c(CC)n1C. The topological polar surface area (TPSA) is 81.3 Å². The van der Waals surface area contributed by atoms with E-state index in [9.17, 15) is 14.9 Å². The third-order valence-corrected chi connectivity index (χ3v) is 5.24. The molecular formula is C25H24N2O4. The van der Waals surface area contributed by atoms with E-state index in [1.54, 1.807) is 30.7 Å². The Bertz CT molecular complexity index is 1150. The predicted molar refractivity (Wildman–Crippen MR) is 118 cm³/mol. The number of carbonyl (C=O) groups is 2. The fourth-order valence-corrected chi connectivity index (χ4v) is 3.73. The highest BCUT2D eigenvalue weighted by Crippen LogP contribution is 2.34. The molecule has 0 radical (unpaired) electrons. The van der Waals surface area contributed by atoms with E-state index in [0.29, 0.717) is 28.8 Å². The monoisotopic (exact) mass is 416 g/mol. The largest absolute Gasteiger partial charge is 0.465 e. The molecule has 0 spiro atoms. The van der Waals surface area contributed by atoms with Gasteiger partial charge in [-0.1, -0.05) is 43.3 Å². The second-order valence-electron chi connectivity index (χ2n) is 6.94. The lowest BCUT2D eigenvalue weighted by Crippen LogP contribution is -2.12. The first kappa shape index (κ1) is 21.8. The Morgan fingerprint density at radius 1 is 0.935 bits per heavy atom. The van der Waals surface area contributed by atoms with Gasteiger partial charge in [0.2, 0.25) is 0 Å². The minimum Gasteiger partial charge on any atom is -0.465 e. The molecule has 1 aromatic heterocycles. The molecule has 0 aliphatic rings. The molecule has 0 aliphatic carbocycles. The summed E-state index contributed by atoms with van der Waals surface area (Å²) in [5, 5.41) is 9.81. The summed E-state index contributed by atoms with van der Waals surface area (Å²) >= 11 is 0. The van der Waals surface area contributed by atoms with Gasteiger partial charge in [0.05, 0.1) is 24.8 Å². The van der Waals surface area contributed by atoms with E-state index in [2.05, 4.69) is 6.07 Å². The number of nitrogens with zero attached hydrogens (tertiary/aromatic N) is 2. The van der Waals surface area contributed by atoms with Crippen molar-refractivity contribution >= 4 is 11.9 Å². The average molecular weight is 416 g/mol. The van der Waals surface area contributed by atoms with Gasteiger partial charge in [-0.25, -0.2) is 9.59 Å². The third kappa shape index (κ3) is 4.08. The second-order valence-corrected chi connectivity index (χ2v) is 6.94. The number of ether oxygens (including phenoxy) is 2. The van der Waals surface area contributed by atoms with Gasteiger partial charge in [-0.2, -0.15) is 5.26 Å². The fraction of sp³-hybridized carbons (Fsp3) is 0.240. The Balaban J connectivity index is 2.05. The summed E-state index contributed by atoms with van der Waals surface area (Å²) in [6.45, 7) is 3.97. The van der Waals surface area contributed by atoms with Crippen molar-refractivity contribution in [2.45, 2.75) is 20.3 Å². The summed E-state index contributed by atoms with van der Waals surface area (Å²) in [6.07, 6.45) is 0.621. The normalized spacial score (nSPS) is 10.4. The van der Waals surface area contributed by atoms with Crippen molar-refractivity contribution in [3.05, 3.63) is 71.0 Å². The van der Waals surface area contributed by atoms with Gasteiger partial charge in [0.25, 0.3) is 0 Å². The summed E-state index contributed by atoms with van der Waals surface area (Å²) in [6, 6.07) is 17.0. The highest BCUT2D eigenvalue weighted by atomic mass is 16.5. The molecule has 1 heterocycles. The lowest BCUT2D eigenvalue weighted by Gasteiger charge is -2.09. The first-order valence-corrected chi connectivity index (χ1v) is 10.0. The second kappa shape index (κ2) is 9.31. The van der Waals surface area contributed by atoms with Crippen LogP contribution in [0.25, 0.3) is 22.3 Å². The molecule has 0 saturated heterocycles. The van der Waals surface area contributed by atoms with E-state index in [-0.39, 0.29) is 12.6 Å². The van der Waals surface area contributed by atoms with Crippen molar-refractivity contribution in [2.24, 2.45) is 7.05 Å². The minimum atomic E-state index is -0.446. The molecule has 6 heteroatoms. The summed E-state index contributed by atoms with van der Waals surface area (Å²) < 4.78 is 11.7. The predicted octanol–water partition coefficient (Wildman–Crippen LogP) is 4.76. The van der Waals surface area contributed by atoms with Crippen LogP contribution in [-0.4, -0.2) is 30.2 Å². The van der Waals surface area contributed by atoms with Crippen LogP contribution < -0.4 is 0 Å². The first-order chi connectivity index (χ1) is 15.0. The first-order valence-electron chi connectivity index (χ1n) is 10.0. The van der Waals surface area contributed by atoms with Crippen molar-refractivity contribution in [1.29, 1.82) is 5.26 Å². The molecule has 158 valence electrons. The Hall–Kier alpha value is -3.85. The number of aromatic nitrogens is 1. The molecule has 31 heavy (non-hydrogen) atoms. The Morgan fingerprint density at radius 3 is 1.97 bits per heavy atom. The van der Waals surface area contributed by atoms with Gasteiger partial charge in [0, 0.05) is 18.3 Å². The number of hydrogen-bond donors (Lipinski definition) is 0. The highest BCUT2D eigenvalue weighted by molar-refractivity contribution is 5.98. The fourth-order valence-electron chi connectivity index (χ4n) is 3.73. The van der Waals surface area contributed by atoms with Crippen molar-refractivity contribution in [3.63, 3.8) is 0 Å². The van der Waals surface area contributed by atoms with Gasteiger partial charge in [0.1, 0.15) is 11.8 Å². The maximum Gasteiger partial charge on any atom is 0.355 e. The van der Waals surface area contributed by atoms with E-state index >= 15 is 0 Å². The Labute approximate surface area is 181 Å². The molecule has 0 aliphatic heterocycles. The number of methoxy groups -OCH3 is 1. The van der Waals surface area contributed by atoms with Crippen LogP contribution in [0.5, 0.6) is 0 Å². The Kier molecular flexibility index (Phi) is 6.56. The smallest absolute Gasteiger partial charge is 0.355 e. The van der Waals surface area contributed by atoms with Gasteiger partial charge < -0.3 is 14.0 Å². The maximum atomic E-state index is 12.7. The molecule has 0 saturated carbocycles. The quantitative estimate of drug-likeness (QED) is 0.541. The van der Waals surface area contributed by atoms with E-state index in [4.69, 9.17) is 9.47 Å². The number of benzene rings is 2. The number of esters is 2. The zero-order valence-electron chi connectivity index (χ0n) is 18.1. The van der Waals surface area contributed by atoms with Crippen LogP contribution in [0.2, 0.25) is 0 Å². The van der Waals surface area contributed by atoms with Crippen LogP contribution in [0.15, 0.2) is 48.5 Å². The lowest BCUT2D eigenvalue weighted by atomic mass is 9.96. The minimum absolute atomic E-state index is 0.257. The van der Waals surface area contributed by atoms with Gasteiger partial charge in [-0.15, -0.1) is 0 Å². The number of nitriles is 1. The zero-order chi connectivity index (χ0) is 22.5. The van der Waals surface area contributed by atoms with E-state index in [0.717, 1.165) is 22.4 Å². The third-order valence-electron chi connectivity index (χ3n) is 5.24. The standard InChI is InChI=1S/C25H24N2O4/c1-5-21-20(15-26)22(23(27(21)3)25(29)31-6-2)18-11-7-16(8-12-18)17-9-13-19(14-10-17)24(28)30-4/h7-14H,5-6H2,1-4H3. The molecule has 6 nitrogen and oxygen atoms in total. The van der Waals surface area contributed by atoms with Crippen molar-refractivity contribution < 1.29 is 19.1 Å². The zero-order valence-corrected chi connectivity index (χ0v) is 18.1. The molecule has 0 bridgehead atoms. The van der Waals surface area contributed by atoms with Crippen LogP contribution >= 0.6 is 0 Å². The van der Waals surface area contributed by atoms with Crippen LogP contribution in [0.3, 0.4) is 0 Å². The molecule has 2 aromatic carbocycles. The van der Waals surface area contributed by atoms with E-state index in [1.165, 1.54) is 7.11 Å². The summed E-state index contributed by atoms with van der Waals surface area (Å²) in [5.41, 5.74) is 5.39. The van der Waals surface area contributed by atoms with Crippen molar-refractivity contribution in [1.82, 2.24) is 4.57 Å². The van der Waals surface area contributed by atoms with E-state index in [1.807, 2.05) is 43.3 Å². The average Bonchev–Trinajstić information content (AvgIpc) is 3.10. The summed E-state index contributed by atoms with van der Waals surface area (Å²) in [4.78, 5) is 24.3. The number of hydrogen-bond acceptors (Lipinski definition) is 5. The maximum absolute atomic E-state index is 12.7. The molecule has 0 atom stereocenters. The van der Waals surface area contributed by atoms with Crippen LogP contribution in [0, 0.1) is 11.3 Å². The van der Waals surface area contributed by atoms with Gasteiger partial charge >= 0.3 is 11.9 Å². The molecular weight excluding hydrogens is 392 g/mol. The van der Waals surface area contributed by atoms with Crippen molar-refractivity contribution in [2.75, 3.05) is 13.7 Å². The summed E-state index contributed by atoms with van der Waals surface area (Å²) in [5.74, 6) is -0.827. The molecule has 0 N–H and O–H groups in total.